The van der Waals surface area contributed by atoms with Gasteiger partial charge in [0.2, 0.25) is 0 Å². The van der Waals surface area contributed by atoms with Gasteiger partial charge >= 0.3 is 0 Å². The Balaban J connectivity index is 3.14. The van der Waals surface area contributed by atoms with E-state index in [0.29, 0.717) is 0 Å². The Morgan fingerprint density at radius 1 is 1.57 bits per heavy atom. The van der Waals surface area contributed by atoms with Gasteiger partial charge in [0.1, 0.15) is 0 Å². The third-order valence-corrected chi connectivity index (χ3v) is 1.78. The normalized spacial score (nSPS) is 9.14. The van der Waals surface area contributed by atoms with Crippen molar-refractivity contribution < 1.29 is 0 Å². The monoisotopic (exact) mass is 94.1 g/mol. The van der Waals surface area contributed by atoms with Gasteiger partial charge < -0.3 is 0 Å². The fourth-order valence-corrected chi connectivity index (χ4v) is 0.471. The predicted octanol–water partition coefficient (Wildman–Crippen LogP) is 0.00230. The summed E-state index contributed by atoms with van der Waals surface area (Å²) in [5.74, 6) is 0.866. The first-order chi connectivity index (χ1) is 3.18. The Labute approximate surface area is 48.8 Å². The van der Waals surface area contributed by atoms with E-state index in [1.54, 1.807) is 0 Å². The first-order valence-corrected chi connectivity index (χ1v) is 3.18. The summed E-state index contributed by atoms with van der Waals surface area (Å²) in [5, 5.41) is 0. The summed E-state index contributed by atoms with van der Waals surface area (Å²) in [7, 11) is 3.56. The van der Waals surface area contributed by atoms with Crippen molar-refractivity contribution in [3.05, 3.63) is 0 Å². The van der Waals surface area contributed by atoms with Gasteiger partial charge in [0.15, 0.2) is 0 Å². The molecular weight excluding hydrogens is 80.5 g/mol. The molecule has 0 fully saturated rings. The van der Waals surface area contributed by atoms with Crippen LogP contribution in [0.15, 0.2) is 0 Å². The summed E-state index contributed by atoms with van der Waals surface area (Å²) >= 11 is 0. The fraction of sp³-hybridized carbons (Fsp3) is 1.00. The van der Waals surface area contributed by atoms with Crippen LogP contribution in [0.4, 0.5) is 0 Å². The lowest BCUT2D eigenvalue weighted by Gasteiger charge is -2.05. The number of hydrogen-bond acceptors (Lipinski definition) is 0. The molecule has 0 nitrogen and oxygen atoms in total. The molecule has 0 rings (SSSR count). The van der Waals surface area contributed by atoms with Gasteiger partial charge in [-0.1, -0.05) is 26.5 Å². The van der Waals surface area contributed by atoms with Gasteiger partial charge in [-0.15, -0.1) is 0 Å². The van der Waals surface area contributed by atoms with Gasteiger partial charge in [-0.05, 0) is 0 Å². The van der Waals surface area contributed by atoms with E-state index in [9.17, 15) is 0 Å². The highest BCUT2D eigenvalue weighted by atomic mass is 13.7. The van der Waals surface area contributed by atoms with Crippen LogP contribution in [-0.4, -0.2) is 21.4 Å². The molecule has 0 aromatic heterocycles. The quantitative estimate of drug-likeness (QED) is 0.422. The van der Waals surface area contributed by atoms with E-state index >= 15 is 0 Å². The Morgan fingerprint density at radius 3 is 2.00 bits per heavy atom. The Hall–Kier alpha value is 0.195. The molecule has 0 aromatic rings. The molecule has 7 heavy (non-hydrogen) atoms. The zero-order valence-corrected chi connectivity index (χ0v) is 5.86. The van der Waals surface area contributed by atoms with Crippen molar-refractivity contribution in [2.45, 2.75) is 26.5 Å². The van der Waals surface area contributed by atoms with Crippen LogP contribution in [0.2, 0.25) is 12.6 Å². The maximum atomic E-state index is 2.30. The van der Waals surface area contributed by atoms with Crippen LogP contribution < -0.4 is 0 Å². The Kier molecular flexibility index (Phi) is 3.32. The molecule has 3 heteroatoms. The SMILES string of the molecule is BBB(C)C(C)C. The van der Waals surface area contributed by atoms with Crippen molar-refractivity contribution in [1.29, 1.82) is 0 Å². The standard InChI is InChI=1S/C4H13B3/c1-4(2)7(3)6-5/h4,6H,5H2,1-3H3. The van der Waals surface area contributed by atoms with E-state index in [0.717, 1.165) is 12.4 Å². The molecule has 0 atom stereocenters. The second-order valence-corrected chi connectivity index (χ2v) is 2.63. The Morgan fingerprint density at radius 2 is 2.00 bits per heavy atom. The summed E-state index contributed by atoms with van der Waals surface area (Å²) in [6.45, 7) is 7.74. The van der Waals surface area contributed by atoms with E-state index in [-0.39, 0.29) is 0 Å². The lowest BCUT2D eigenvalue weighted by molar-refractivity contribution is 1.05. The van der Waals surface area contributed by atoms with Crippen molar-refractivity contribution in [2.75, 3.05) is 0 Å². The van der Waals surface area contributed by atoms with Crippen LogP contribution in [0.3, 0.4) is 0 Å². The number of hydrogen-bond donors (Lipinski definition) is 0. The van der Waals surface area contributed by atoms with Crippen LogP contribution >= 0.6 is 0 Å². The van der Waals surface area contributed by atoms with Gasteiger partial charge in [-0.3, -0.25) is 0 Å². The summed E-state index contributed by atoms with van der Waals surface area (Å²) in [6.07, 6.45) is 0. The molecule has 0 saturated carbocycles. The van der Waals surface area contributed by atoms with E-state index in [4.69, 9.17) is 0 Å². The molecule has 0 aromatic carbocycles. The lowest BCUT2D eigenvalue weighted by atomic mass is 9.11. The van der Waals surface area contributed by atoms with Crippen molar-refractivity contribution in [3.8, 4) is 0 Å². The molecule has 0 heterocycles. The highest BCUT2D eigenvalue weighted by Gasteiger charge is 2.06. The topological polar surface area (TPSA) is 0 Å². The molecule has 0 N–H and O–H groups in total. The van der Waals surface area contributed by atoms with Gasteiger partial charge in [0, 0.05) is 0 Å². The summed E-state index contributed by atoms with van der Waals surface area (Å²) < 4.78 is 0. The third-order valence-electron chi connectivity index (χ3n) is 1.78. The van der Waals surface area contributed by atoms with Crippen LogP contribution in [0, 0.1) is 0 Å². The van der Waals surface area contributed by atoms with Crippen LogP contribution in [0.1, 0.15) is 13.8 Å². The van der Waals surface area contributed by atoms with Crippen molar-refractivity contribution in [3.63, 3.8) is 0 Å². The summed E-state index contributed by atoms with van der Waals surface area (Å²) in [5.41, 5.74) is 0. The zero-order valence-electron chi connectivity index (χ0n) is 5.86. The molecule has 0 unspecified atom stereocenters. The van der Waals surface area contributed by atoms with Crippen LogP contribution in [0.25, 0.3) is 0 Å². The van der Waals surface area contributed by atoms with Gasteiger partial charge in [-0.25, -0.2) is 0 Å². The summed E-state index contributed by atoms with van der Waals surface area (Å²) in [4.78, 5) is 0. The molecule has 38 valence electrons. The molecule has 0 amide bonds. The zero-order chi connectivity index (χ0) is 5.86. The Bertz CT molecular complexity index is 44.2. The van der Waals surface area contributed by atoms with Gasteiger partial charge in [-0.2, -0.15) is 0 Å². The minimum Gasteiger partial charge on any atom is -0.0927 e. The van der Waals surface area contributed by atoms with E-state index < -0.39 is 0 Å². The molecule has 0 saturated heterocycles. The van der Waals surface area contributed by atoms with Gasteiger partial charge in [0.25, 0.3) is 0 Å². The van der Waals surface area contributed by atoms with Crippen LogP contribution in [-0.2, 0) is 0 Å². The number of rotatable bonds is 2. The second kappa shape index (κ2) is 3.23. The van der Waals surface area contributed by atoms with Gasteiger partial charge in [0.05, 0.1) is 21.4 Å². The van der Waals surface area contributed by atoms with Crippen molar-refractivity contribution >= 4 is 21.4 Å². The highest BCUT2D eigenvalue weighted by Crippen LogP contribution is 2.03. The maximum Gasteiger partial charge on any atom is 0.0957 e. The molecule has 0 spiro atoms. The second-order valence-electron chi connectivity index (χ2n) is 2.63. The smallest absolute Gasteiger partial charge is 0.0927 e. The average molecular weight is 93.6 g/mol. The third kappa shape index (κ3) is 2.84. The molecule has 0 radical (unpaired) electrons. The lowest BCUT2D eigenvalue weighted by Crippen LogP contribution is -2.21. The van der Waals surface area contributed by atoms with Crippen molar-refractivity contribution in [2.24, 2.45) is 0 Å². The molecule has 0 bridgehead atoms. The average Bonchev–Trinajstić information content (AvgIpc) is 1.65. The predicted molar refractivity (Wildman–Crippen MR) is 42.4 cm³/mol. The summed E-state index contributed by atoms with van der Waals surface area (Å²) in [6, 6.07) is 0. The fourth-order valence-electron chi connectivity index (χ4n) is 0.471. The minimum absolute atomic E-state index is 0.866. The molecule has 0 aliphatic rings. The van der Waals surface area contributed by atoms with Crippen molar-refractivity contribution in [1.82, 2.24) is 0 Å². The molecule has 0 aliphatic heterocycles. The van der Waals surface area contributed by atoms with E-state index in [1.165, 1.54) is 7.06 Å². The highest BCUT2D eigenvalue weighted by molar-refractivity contribution is 7.31. The minimum atomic E-state index is 0.866. The van der Waals surface area contributed by atoms with Crippen LogP contribution in [0.5, 0.6) is 0 Å². The van der Waals surface area contributed by atoms with E-state index in [2.05, 4.69) is 28.4 Å². The largest absolute Gasteiger partial charge is 0.0957 e. The maximum absolute atomic E-state index is 2.30. The first kappa shape index (κ1) is 7.19. The van der Waals surface area contributed by atoms with E-state index in [1.807, 2.05) is 0 Å². The first-order valence-electron chi connectivity index (χ1n) is 3.18. The molecule has 0 aliphatic carbocycles. The molecular formula is C4H13B3.